The molecular weight excluding hydrogens is 238 g/mol. The smallest absolute Gasteiger partial charge is 0.0826 e. The Morgan fingerprint density at radius 2 is 2.37 bits per heavy atom. The number of aromatic nitrogens is 1. The molecule has 19 heavy (non-hydrogen) atoms. The Kier molecular flexibility index (Phi) is 3.82. The Bertz CT molecular complexity index is 537. The first kappa shape index (κ1) is 12.7. The predicted octanol–water partition coefficient (Wildman–Crippen LogP) is 1.59. The highest BCUT2D eigenvalue weighted by atomic mass is 16.5. The van der Waals surface area contributed by atoms with E-state index in [-0.39, 0.29) is 0 Å². The van der Waals surface area contributed by atoms with Crippen LogP contribution in [0.15, 0.2) is 30.5 Å². The number of rotatable bonds is 4. The second-order valence-corrected chi connectivity index (χ2v) is 5.29. The summed E-state index contributed by atoms with van der Waals surface area (Å²) >= 11 is 0. The van der Waals surface area contributed by atoms with E-state index in [1.54, 1.807) is 0 Å². The highest BCUT2D eigenvalue weighted by molar-refractivity contribution is 5.79. The molecule has 0 aliphatic carbocycles. The summed E-state index contributed by atoms with van der Waals surface area (Å²) in [5.74, 6) is 0. The third kappa shape index (κ3) is 3.15. The number of H-pyrrole nitrogens is 1. The number of morpholine rings is 1. The molecule has 4 nitrogen and oxygen atoms in total. The van der Waals surface area contributed by atoms with Gasteiger partial charge in [0.2, 0.25) is 0 Å². The molecule has 3 rings (SSSR count). The van der Waals surface area contributed by atoms with E-state index >= 15 is 0 Å². The van der Waals surface area contributed by atoms with Crippen molar-refractivity contribution in [3.8, 4) is 0 Å². The van der Waals surface area contributed by atoms with E-state index in [4.69, 9.17) is 4.74 Å². The van der Waals surface area contributed by atoms with Crippen LogP contribution >= 0.6 is 0 Å². The number of ether oxygens (including phenoxy) is 1. The minimum Gasteiger partial charge on any atom is -0.374 e. The SMILES string of the molecule is CN1CCOC(CNCc2ccc3[nH]ccc3c2)C1. The number of benzene rings is 1. The molecule has 1 aliphatic rings. The molecule has 102 valence electrons. The van der Waals surface area contributed by atoms with Crippen LogP contribution in [0.5, 0.6) is 0 Å². The van der Waals surface area contributed by atoms with Gasteiger partial charge in [0.15, 0.2) is 0 Å². The van der Waals surface area contributed by atoms with Gasteiger partial charge in [-0.1, -0.05) is 6.07 Å². The Morgan fingerprint density at radius 1 is 1.42 bits per heavy atom. The Hall–Kier alpha value is -1.36. The highest BCUT2D eigenvalue weighted by Gasteiger charge is 2.16. The average molecular weight is 259 g/mol. The molecule has 2 heterocycles. The van der Waals surface area contributed by atoms with Crippen molar-refractivity contribution in [2.24, 2.45) is 0 Å². The fourth-order valence-electron chi connectivity index (χ4n) is 2.58. The summed E-state index contributed by atoms with van der Waals surface area (Å²) in [7, 11) is 2.15. The lowest BCUT2D eigenvalue weighted by atomic mass is 10.1. The Balaban J connectivity index is 1.51. The average Bonchev–Trinajstić information content (AvgIpc) is 2.86. The summed E-state index contributed by atoms with van der Waals surface area (Å²) in [4.78, 5) is 5.53. The van der Waals surface area contributed by atoms with Crippen LogP contribution in [-0.4, -0.2) is 49.3 Å². The van der Waals surface area contributed by atoms with Gasteiger partial charge >= 0.3 is 0 Å². The van der Waals surface area contributed by atoms with Gasteiger partial charge in [-0.15, -0.1) is 0 Å². The summed E-state index contributed by atoms with van der Waals surface area (Å²) < 4.78 is 5.73. The van der Waals surface area contributed by atoms with Crippen molar-refractivity contribution in [2.45, 2.75) is 12.6 Å². The molecule has 1 aliphatic heterocycles. The van der Waals surface area contributed by atoms with E-state index in [1.165, 1.54) is 16.5 Å². The molecule has 1 unspecified atom stereocenters. The number of fused-ring (bicyclic) bond motifs is 1. The lowest BCUT2D eigenvalue weighted by molar-refractivity contribution is -0.0182. The number of likely N-dealkylation sites (N-methyl/N-ethyl adjacent to an activating group) is 1. The first-order chi connectivity index (χ1) is 9.31. The number of hydrogen-bond donors (Lipinski definition) is 2. The molecular formula is C15H21N3O. The number of nitrogens with one attached hydrogen (secondary N) is 2. The third-order valence-corrected chi connectivity index (χ3v) is 3.66. The fourth-order valence-corrected chi connectivity index (χ4v) is 2.58. The van der Waals surface area contributed by atoms with Gasteiger partial charge in [0, 0.05) is 37.9 Å². The molecule has 1 fully saturated rings. The molecule has 2 aromatic rings. The maximum Gasteiger partial charge on any atom is 0.0826 e. The van der Waals surface area contributed by atoms with E-state index < -0.39 is 0 Å². The van der Waals surface area contributed by atoms with Crippen molar-refractivity contribution in [2.75, 3.05) is 33.3 Å². The molecule has 0 spiro atoms. The summed E-state index contributed by atoms with van der Waals surface area (Å²) in [5.41, 5.74) is 2.51. The number of aromatic amines is 1. The normalized spacial score (nSPS) is 21.0. The van der Waals surface area contributed by atoms with Gasteiger partial charge in [-0.25, -0.2) is 0 Å². The summed E-state index contributed by atoms with van der Waals surface area (Å²) in [6.45, 7) is 4.71. The minimum absolute atomic E-state index is 0.315. The van der Waals surface area contributed by atoms with Crippen molar-refractivity contribution in [3.05, 3.63) is 36.0 Å². The van der Waals surface area contributed by atoms with Crippen LogP contribution in [0, 0.1) is 0 Å². The van der Waals surface area contributed by atoms with E-state index in [9.17, 15) is 0 Å². The highest BCUT2D eigenvalue weighted by Crippen LogP contribution is 2.14. The van der Waals surface area contributed by atoms with Gasteiger partial charge in [-0.3, -0.25) is 0 Å². The first-order valence-electron chi connectivity index (χ1n) is 6.88. The zero-order valence-corrected chi connectivity index (χ0v) is 11.4. The van der Waals surface area contributed by atoms with E-state index in [0.717, 1.165) is 32.8 Å². The van der Waals surface area contributed by atoms with Crippen LogP contribution in [0.2, 0.25) is 0 Å². The topological polar surface area (TPSA) is 40.3 Å². The number of nitrogens with zero attached hydrogens (tertiary/aromatic N) is 1. The molecule has 0 bridgehead atoms. The fraction of sp³-hybridized carbons (Fsp3) is 0.467. The second kappa shape index (κ2) is 5.74. The summed E-state index contributed by atoms with van der Waals surface area (Å²) in [6, 6.07) is 8.64. The largest absolute Gasteiger partial charge is 0.374 e. The molecule has 4 heteroatoms. The maximum absolute atomic E-state index is 5.73. The van der Waals surface area contributed by atoms with E-state index in [0.29, 0.717) is 6.10 Å². The van der Waals surface area contributed by atoms with E-state index in [1.807, 2.05) is 6.20 Å². The molecule has 2 N–H and O–H groups in total. The second-order valence-electron chi connectivity index (χ2n) is 5.29. The lowest BCUT2D eigenvalue weighted by Gasteiger charge is -2.30. The molecule has 0 amide bonds. The van der Waals surface area contributed by atoms with Gasteiger partial charge in [0.25, 0.3) is 0 Å². The predicted molar refractivity (Wildman–Crippen MR) is 77.2 cm³/mol. The van der Waals surface area contributed by atoms with Gasteiger partial charge in [-0.05, 0) is 36.2 Å². The van der Waals surface area contributed by atoms with Gasteiger partial charge < -0.3 is 19.9 Å². The lowest BCUT2D eigenvalue weighted by Crippen LogP contribution is -2.44. The summed E-state index contributed by atoms with van der Waals surface area (Å²) in [5, 5.41) is 4.76. The van der Waals surface area contributed by atoms with Crippen LogP contribution in [0.1, 0.15) is 5.56 Å². The maximum atomic E-state index is 5.73. The van der Waals surface area contributed by atoms with Crippen molar-refractivity contribution >= 4 is 10.9 Å². The van der Waals surface area contributed by atoms with Gasteiger partial charge in [0.05, 0.1) is 12.7 Å². The van der Waals surface area contributed by atoms with Crippen LogP contribution in [0.4, 0.5) is 0 Å². The zero-order valence-electron chi connectivity index (χ0n) is 11.4. The van der Waals surface area contributed by atoms with Crippen LogP contribution in [0.25, 0.3) is 10.9 Å². The molecule has 0 saturated carbocycles. The molecule has 1 aromatic carbocycles. The zero-order chi connectivity index (χ0) is 13.1. The van der Waals surface area contributed by atoms with Crippen LogP contribution < -0.4 is 5.32 Å². The molecule has 1 aromatic heterocycles. The minimum atomic E-state index is 0.315. The molecule has 1 atom stereocenters. The number of hydrogen-bond acceptors (Lipinski definition) is 3. The van der Waals surface area contributed by atoms with Crippen molar-refractivity contribution < 1.29 is 4.74 Å². The van der Waals surface area contributed by atoms with Crippen molar-refractivity contribution in [3.63, 3.8) is 0 Å². The van der Waals surface area contributed by atoms with Crippen LogP contribution in [-0.2, 0) is 11.3 Å². The van der Waals surface area contributed by atoms with Gasteiger partial charge in [-0.2, -0.15) is 0 Å². The molecule has 0 radical (unpaired) electrons. The van der Waals surface area contributed by atoms with Crippen LogP contribution in [0.3, 0.4) is 0 Å². The standard InChI is InChI=1S/C15H21N3O/c1-18-6-7-19-14(11-18)10-16-9-12-2-3-15-13(8-12)4-5-17-15/h2-5,8,14,16-17H,6-7,9-11H2,1H3. The van der Waals surface area contributed by atoms with E-state index in [2.05, 4.69) is 46.5 Å². The van der Waals surface area contributed by atoms with Gasteiger partial charge in [0.1, 0.15) is 0 Å². The Labute approximate surface area is 113 Å². The summed E-state index contributed by atoms with van der Waals surface area (Å²) in [6.07, 6.45) is 2.29. The van der Waals surface area contributed by atoms with Crippen molar-refractivity contribution in [1.29, 1.82) is 0 Å². The molecule has 1 saturated heterocycles. The quantitative estimate of drug-likeness (QED) is 0.876. The first-order valence-corrected chi connectivity index (χ1v) is 6.88. The monoisotopic (exact) mass is 259 g/mol. The third-order valence-electron chi connectivity index (χ3n) is 3.66. The Morgan fingerprint density at radius 3 is 3.26 bits per heavy atom. The van der Waals surface area contributed by atoms with Crippen molar-refractivity contribution in [1.82, 2.24) is 15.2 Å².